The molecular weight excluding hydrogens is 452 g/mol. The zero-order valence-corrected chi connectivity index (χ0v) is 21.0. The van der Waals surface area contributed by atoms with Gasteiger partial charge in [-0.15, -0.1) is 5.10 Å². The molecule has 36 heavy (non-hydrogen) atoms. The van der Waals surface area contributed by atoms with E-state index in [1.54, 1.807) is 0 Å². The molecule has 0 radical (unpaired) electrons. The summed E-state index contributed by atoms with van der Waals surface area (Å²) in [4.78, 5) is 12.5. The fraction of sp³-hybridized carbons (Fsp3) is 0.556. The quantitative estimate of drug-likeness (QED) is 0.503. The smallest absolute Gasteiger partial charge is 0.173 e. The van der Waals surface area contributed by atoms with E-state index < -0.39 is 0 Å². The fourth-order valence-corrected chi connectivity index (χ4v) is 5.67. The molecule has 1 saturated carbocycles. The molecule has 0 N–H and O–H groups in total. The molecule has 9 nitrogen and oxygen atoms in total. The predicted octanol–water partition coefficient (Wildman–Crippen LogP) is 2.60. The minimum absolute atomic E-state index is 0.0312. The van der Waals surface area contributed by atoms with Gasteiger partial charge < -0.3 is 9.64 Å². The molecule has 0 spiro atoms. The third-order valence-electron chi connectivity index (χ3n) is 7.92. The van der Waals surface area contributed by atoms with Gasteiger partial charge in [-0.3, -0.25) is 9.80 Å². The Balaban J connectivity index is 1.29. The van der Waals surface area contributed by atoms with Crippen molar-refractivity contribution < 1.29 is 4.74 Å². The molecule has 3 aromatic rings. The highest BCUT2D eigenvalue weighted by Gasteiger charge is 2.32. The first kappa shape index (κ1) is 23.5. The number of hydrogen-bond acceptors (Lipinski definition) is 8. The fourth-order valence-electron chi connectivity index (χ4n) is 5.67. The zero-order valence-electron chi connectivity index (χ0n) is 21.0. The SMILES string of the molecule is c1ccc(Cn2nnnc2C(c2ccc(N3CCOCC3)nc2)N2CCCN(C3CCC3)CC2)cc1. The molecule has 4 heterocycles. The van der Waals surface area contributed by atoms with E-state index in [-0.39, 0.29) is 6.04 Å². The van der Waals surface area contributed by atoms with Gasteiger partial charge in [0.1, 0.15) is 5.82 Å². The van der Waals surface area contributed by atoms with Gasteiger partial charge in [-0.1, -0.05) is 42.8 Å². The van der Waals surface area contributed by atoms with Crippen molar-refractivity contribution in [1.29, 1.82) is 0 Å². The Morgan fingerprint density at radius 2 is 1.75 bits per heavy atom. The molecule has 2 saturated heterocycles. The van der Waals surface area contributed by atoms with Crippen LogP contribution in [0.4, 0.5) is 5.82 Å². The second-order valence-corrected chi connectivity index (χ2v) is 10.1. The largest absolute Gasteiger partial charge is 0.378 e. The maximum atomic E-state index is 5.52. The van der Waals surface area contributed by atoms with Crippen LogP contribution in [-0.2, 0) is 11.3 Å². The van der Waals surface area contributed by atoms with Gasteiger partial charge in [-0.2, -0.15) is 0 Å². The van der Waals surface area contributed by atoms with Crippen LogP contribution in [0.5, 0.6) is 0 Å². The van der Waals surface area contributed by atoms with E-state index in [2.05, 4.69) is 66.6 Å². The molecule has 0 bridgehead atoms. The second kappa shape index (κ2) is 11.0. The Labute approximate surface area is 213 Å². The van der Waals surface area contributed by atoms with E-state index in [0.717, 1.165) is 75.6 Å². The predicted molar refractivity (Wildman–Crippen MR) is 138 cm³/mol. The van der Waals surface area contributed by atoms with Crippen LogP contribution in [0, 0.1) is 0 Å². The Hall–Kier alpha value is -2.88. The van der Waals surface area contributed by atoms with Crippen molar-refractivity contribution in [3.8, 4) is 0 Å². The van der Waals surface area contributed by atoms with Gasteiger partial charge in [-0.05, 0) is 53.4 Å². The number of anilines is 1. The number of nitrogens with zero attached hydrogens (tertiary/aromatic N) is 8. The molecule has 1 atom stereocenters. The topological polar surface area (TPSA) is 75.4 Å². The van der Waals surface area contributed by atoms with Gasteiger partial charge in [0, 0.05) is 45.0 Å². The van der Waals surface area contributed by atoms with E-state index in [4.69, 9.17) is 9.72 Å². The van der Waals surface area contributed by atoms with Gasteiger partial charge >= 0.3 is 0 Å². The third-order valence-corrected chi connectivity index (χ3v) is 7.92. The van der Waals surface area contributed by atoms with Crippen molar-refractivity contribution in [2.24, 2.45) is 0 Å². The molecule has 2 aliphatic heterocycles. The summed E-state index contributed by atoms with van der Waals surface area (Å²) in [5, 5.41) is 13.1. The average molecular weight is 489 g/mol. The molecular formula is C27H36N8O. The summed E-state index contributed by atoms with van der Waals surface area (Å²) in [6.07, 6.45) is 7.28. The van der Waals surface area contributed by atoms with Crippen molar-refractivity contribution >= 4 is 5.82 Å². The van der Waals surface area contributed by atoms with E-state index >= 15 is 0 Å². The zero-order chi connectivity index (χ0) is 24.2. The Morgan fingerprint density at radius 1 is 0.889 bits per heavy atom. The van der Waals surface area contributed by atoms with E-state index in [9.17, 15) is 0 Å². The Bertz CT molecular complexity index is 1090. The first-order chi connectivity index (χ1) is 17.8. The number of pyridine rings is 1. The molecule has 6 rings (SSSR count). The summed E-state index contributed by atoms with van der Waals surface area (Å²) in [5.74, 6) is 1.90. The van der Waals surface area contributed by atoms with Crippen LogP contribution in [0.2, 0.25) is 0 Å². The van der Waals surface area contributed by atoms with Gasteiger partial charge in [0.2, 0.25) is 0 Å². The standard InChI is InChI=1S/C27H36N8O/c1-2-6-22(7-3-1)21-35-27(29-30-31-35)26(34-13-5-12-32(14-15-34)24-8-4-9-24)23-10-11-25(28-20-23)33-16-18-36-19-17-33/h1-3,6-7,10-11,20,24,26H,4-5,8-9,12-19,21H2. The highest BCUT2D eigenvalue weighted by atomic mass is 16.5. The second-order valence-electron chi connectivity index (χ2n) is 10.1. The van der Waals surface area contributed by atoms with Crippen molar-refractivity contribution in [3.63, 3.8) is 0 Å². The average Bonchev–Trinajstić information content (AvgIpc) is 3.21. The summed E-state index contributed by atoms with van der Waals surface area (Å²) in [6.45, 7) is 8.24. The highest BCUT2D eigenvalue weighted by Crippen LogP contribution is 2.31. The first-order valence-electron chi connectivity index (χ1n) is 13.4. The number of morpholine rings is 1. The van der Waals surface area contributed by atoms with Gasteiger partial charge in [-0.25, -0.2) is 9.67 Å². The van der Waals surface area contributed by atoms with Crippen LogP contribution in [0.1, 0.15) is 48.7 Å². The highest BCUT2D eigenvalue weighted by molar-refractivity contribution is 5.41. The van der Waals surface area contributed by atoms with Gasteiger partial charge in [0.15, 0.2) is 5.82 Å². The lowest BCUT2D eigenvalue weighted by molar-refractivity contribution is 0.122. The molecule has 2 aromatic heterocycles. The van der Waals surface area contributed by atoms with Crippen molar-refractivity contribution in [2.75, 3.05) is 57.4 Å². The minimum Gasteiger partial charge on any atom is -0.378 e. The molecule has 1 unspecified atom stereocenters. The van der Waals surface area contributed by atoms with Gasteiger partial charge in [0.05, 0.1) is 25.8 Å². The van der Waals surface area contributed by atoms with Crippen molar-refractivity contribution in [2.45, 2.75) is 44.3 Å². The number of ether oxygens (including phenoxy) is 1. The van der Waals surface area contributed by atoms with Crippen LogP contribution in [-0.4, -0.2) is 93.5 Å². The number of hydrogen-bond donors (Lipinski definition) is 0. The summed E-state index contributed by atoms with van der Waals surface area (Å²) in [5.41, 5.74) is 2.34. The van der Waals surface area contributed by atoms with E-state index in [1.165, 1.54) is 31.4 Å². The number of benzene rings is 1. The van der Waals surface area contributed by atoms with Gasteiger partial charge in [0.25, 0.3) is 0 Å². The summed E-state index contributed by atoms with van der Waals surface area (Å²) >= 11 is 0. The van der Waals surface area contributed by atoms with Crippen molar-refractivity contribution in [3.05, 3.63) is 65.6 Å². The first-order valence-corrected chi connectivity index (χ1v) is 13.4. The summed E-state index contributed by atoms with van der Waals surface area (Å²) in [7, 11) is 0. The monoisotopic (exact) mass is 488 g/mol. The molecule has 1 aliphatic carbocycles. The van der Waals surface area contributed by atoms with Crippen LogP contribution in [0.3, 0.4) is 0 Å². The summed E-state index contributed by atoms with van der Waals surface area (Å²) < 4.78 is 7.48. The number of rotatable bonds is 7. The van der Waals surface area contributed by atoms with E-state index in [1.807, 2.05) is 16.9 Å². The molecule has 0 amide bonds. The van der Waals surface area contributed by atoms with Crippen LogP contribution in [0.25, 0.3) is 0 Å². The maximum absolute atomic E-state index is 5.52. The third kappa shape index (κ3) is 5.14. The molecule has 9 heteroatoms. The van der Waals surface area contributed by atoms with Crippen LogP contribution >= 0.6 is 0 Å². The Morgan fingerprint density at radius 3 is 2.50 bits per heavy atom. The molecule has 190 valence electrons. The summed E-state index contributed by atoms with van der Waals surface area (Å²) in [6, 6.07) is 15.5. The van der Waals surface area contributed by atoms with Crippen LogP contribution in [0.15, 0.2) is 48.7 Å². The lowest BCUT2D eigenvalue weighted by atomic mass is 9.91. The lowest BCUT2D eigenvalue weighted by Gasteiger charge is -2.37. The van der Waals surface area contributed by atoms with E-state index in [0.29, 0.717) is 6.54 Å². The molecule has 3 fully saturated rings. The number of tetrazole rings is 1. The van der Waals surface area contributed by atoms with Crippen LogP contribution < -0.4 is 4.90 Å². The maximum Gasteiger partial charge on any atom is 0.173 e. The Kier molecular flexibility index (Phi) is 7.20. The minimum atomic E-state index is -0.0312. The molecule has 3 aliphatic rings. The molecule has 1 aromatic carbocycles. The number of aromatic nitrogens is 5. The normalized spacial score (nSPS) is 21.2. The lowest BCUT2D eigenvalue weighted by Crippen LogP contribution is -2.42. The van der Waals surface area contributed by atoms with Crippen molar-refractivity contribution in [1.82, 2.24) is 35.0 Å².